The van der Waals surface area contributed by atoms with E-state index in [2.05, 4.69) is 68.3 Å². The highest BCUT2D eigenvalue weighted by atomic mass is 79.9. The van der Waals surface area contributed by atoms with Crippen molar-refractivity contribution in [2.45, 2.75) is 39.8 Å². The van der Waals surface area contributed by atoms with Crippen LogP contribution in [-0.4, -0.2) is 16.3 Å². The average molecular weight is 336 g/mol. The van der Waals surface area contributed by atoms with Crippen LogP contribution in [0.5, 0.6) is 0 Å². The lowest BCUT2D eigenvalue weighted by molar-refractivity contribution is 0.570. The van der Waals surface area contributed by atoms with Crippen LogP contribution >= 0.6 is 15.9 Å². The van der Waals surface area contributed by atoms with Crippen molar-refractivity contribution >= 4 is 15.9 Å². The third-order valence-corrected chi connectivity index (χ3v) is 4.44. The Morgan fingerprint density at radius 1 is 1.25 bits per heavy atom. The molecule has 1 aromatic heterocycles. The van der Waals surface area contributed by atoms with Crippen LogP contribution in [0.2, 0.25) is 0 Å². The third-order valence-electron chi connectivity index (χ3n) is 3.41. The van der Waals surface area contributed by atoms with Crippen LogP contribution < -0.4 is 5.32 Å². The molecular weight excluding hydrogens is 314 g/mol. The minimum absolute atomic E-state index is 0.865. The summed E-state index contributed by atoms with van der Waals surface area (Å²) in [5, 5.41) is 8.01. The molecule has 2 aromatic rings. The number of hydrogen-bond donors (Lipinski definition) is 1. The molecule has 0 aliphatic heterocycles. The van der Waals surface area contributed by atoms with Gasteiger partial charge >= 0.3 is 0 Å². The summed E-state index contributed by atoms with van der Waals surface area (Å²) >= 11 is 3.62. The molecule has 0 spiro atoms. The van der Waals surface area contributed by atoms with Gasteiger partial charge in [-0.2, -0.15) is 5.10 Å². The monoisotopic (exact) mass is 335 g/mol. The second kappa shape index (κ2) is 7.60. The largest absolute Gasteiger partial charge is 0.311 e. The summed E-state index contributed by atoms with van der Waals surface area (Å²) in [5.41, 5.74) is 3.71. The molecule has 0 saturated heterocycles. The maximum atomic E-state index is 4.50. The minimum Gasteiger partial charge on any atom is -0.311 e. The summed E-state index contributed by atoms with van der Waals surface area (Å²) in [6.45, 7) is 6.96. The third kappa shape index (κ3) is 3.93. The Balaban J connectivity index is 1.76. The Kier molecular flexibility index (Phi) is 5.80. The standard InChI is InChI=1S/C16H22BrN3/c1-3-20-15(16(17)13(2)19-20)12-18-11-7-10-14-8-5-4-6-9-14/h4-6,8-9,18H,3,7,10-12H2,1-2H3. The van der Waals surface area contributed by atoms with Crippen LogP contribution in [0.4, 0.5) is 0 Å². The molecular formula is C16H22BrN3. The number of hydrogen-bond acceptors (Lipinski definition) is 2. The highest BCUT2D eigenvalue weighted by Crippen LogP contribution is 2.20. The Morgan fingerprint density at radius 2 is 2.00 bits per heavy atom. The zero-order valence-electron chi connectivity index (χ0n) is 12.2. The van der Waals surface area contributed by atoms with E-state index in [4.69, 9.17) is 0 Å². The molecule has 0 amide bonds. The summed E-state index contributed by atoms with van der Waals surface area (Å²) < 4.78 is 3.19. The number of rotatable bonds is 7. The van der Waals surface area contributed by atoms with E-state index in [0.29, 0.717) is 0 Å². The van der Waals surface area contributed by atoms with Crippen LogP contribution in [0.3, 0.4) is 0 Å². The predicted octanol–water partition coefficient (Wildman–Crippen LogP) is 3.70. The minimum atomic E-state index is 0.865. The molecule has 108 valence electrons. The molecule has 0 aliphatic rings. The average Bonchev–Trinajstić information content (AvgIpc) is 2.75. The molecule has 1 N–H and O–H groups in total. The van der Waals surface area contributed by atoms with Crippen molar-refractivity contribution in [1.29, 1.82) is 0 Å². The number of aromatic nitrogens is 2. The van der Waals surface area contributed by atoms with Gasteiger partial charge in [0, 0.05) is 13.1 Å². The van der Waals surface area contributed by atoms with Crippen LogP contribution in [0.25, 0.3) is 0 Å². The summed E-state index contributed by atoms with van der Waals surface area (Å²) in [5.74, 6) is 0. The molecule has 0 unspecified atom stereocenters. The topological polar surface area (TPSA) is 29.9 Å². The molecule has 2 rings (SSSR count). The van der Waals surface area contributed by atoms with Gasteiger partial charge in [0.2, 0.25) is 0 Å². The maximum Gasteiger partial charge on any atom is 0.0739 e. The molecule has 0 atom stereocenters. The van der Waals surface area contributed by atoms with Crippen LogP contribution in [0, 0.1) is 6.92 Å². The molecule has 0 radical (unpaired) electrons. The molecule has 0 fully saturated rings. The summed E-state index contributed by atoms with van der Waals surface area (Å²) in [7, 11) is 0. The second-order valence-corrected chi connectivity index (χ2v) is 5.72. The summed E-state index contributed by atoms with van der Waals surface area (Å²) in [6, 6.07) is 10.6. The zero-order valence-corrected chi connectivity index (χ0v) is 13.8. The highest BCUT2D eigenvalue weighted by Gasteiger charge is 2.10. The van der Waals surface area contributed by atoms with Crippen molar-refractivity contribution in [1.82, 2.24) is 15.1 Å². The van der Waals surface area contributed by atoms with Gasteiger partial charge < -0.3 is 5.32 Å². The number of aryl methyl sites for hydroxylation is 3. The first-order valence-corrected chi connectivity index (χ1v) is 7.98. The van der Waals surface area contributed by atoms with Crippen molar-refractivity contribution < 1.29 is 0 Å². The van der Waals surface area contributed by atoms with E-state index < -0.39 is 0 Å². The van der Waals surface area contributed by atoms with Crippen LogP contribution in [0.1, 0.15) is 30.3 Å². The van der Waals surface area contributed by atoms with Gasteiger partial charge in [0.05, 0.1) is 15.9 Å². The first kappa shape index (κ1) is 15.3. The predicted molar refractivity (Wildman–Crippen MR) is 86.8 cm³/mol. The van der Waals surface area contributed by atoms with Gasteiger partial charge in [-0.15, -0.1) is 0 Å². The fourth-order valence-corrected chi connectivity index (χ4v) is 2.73. The van der Waals surface area contributed by atoms with Crippen molar-refractivity contribution in [2.75, 3.05) is 6.54 Å². The van der Waals surface area contributed by atoms with Gasteiger partial charge in [-0.05, 0) is 54.7 Å². The van der Waals surface area contributed by atoms with Gasteiger partial charge in [0.1, 0.15) is 0 Å². The second-order valence-electron chi connectivity index (χ2n) is 4.93. The molecule has 1 heterocycles. The smallest absolute Gasteiger partial charge is 0.0739 e. The fraction of sp³-hybridized carbons (Fsp3) is 0.438. The maximum absolute atomic E-state index is 4.50. The van der Waals surface area contributed by atoms with E-state index in [1.165, 1.54) is 11.3 Å². The Morgan fingerprint density at radius 3 is 2.70 bits per heavy atom. The highest BCUT2D eigenvalue weighted by molar-refractivity contribution is 9.10. The summed E-state index contributed by atoms with van der Waals surface area (Å²) in [6.07, 6.45) is 2.28. The molecule has 3 nitrogen and oxygen atoms in total. The van der Waals surface area contributed by atoms with Gasteiger partial charge in [0.15, 0.2) is 0 Å². The SMILES string of the molecule is CCn1nc(C)c(Br)c1CNCCCc1ccccc1. The molecule has 0 aliphatic carbocycles. The molecule has 20 heavy (non-hydrogen) atoms. The van der Waals surface area contributed by atoms with E-state index in [-0.39, 0.29) is 0 Å². The van der Waals surface area contributed by atoms with Crippen molar-refractivity contribution in [3.63, 3.8) is 0 Å². The number of halogens is 1. The lowest BCUT2D eigenvalue weighted by atomic mass is 10.1. The van der Waals surface area contributed by atoms with Gasteiger partial charge in [-0.3, -0.25) is 4.68 Å². The van der Waals surface area contributed by atoms with Gasteiger partial charge in [0.25, 0.3) is 0 Å². The Labute approximate surface area is 129 Å². The number of benzene rings is 1. The Bertz CT molecular complexity index is 534. The van der Waals surface area contributed by atoms with Crippen LogP contribution in [0.15, 0.2) is 34.8 Å². The van der Waals surface area contributed by atoms with E-state index in [9.17, 15) is 0 Å². The van der Waals surface area contributed by atoms with Gasteiger partial charge in [-0.1, -0.05) is 30.3 Å². The van der Waals surface area contributed by atoms with Crippen molar-refractivity contribution in [3.8, 4) is 0 Å². The first-order valence-electron chi connectivity index (χ1n) is 7.18. The first-order chi connectivity index (χ1) is 9.72. The summed E-state index contributed by atoms with van der Waals surface area (Å²) in [4.78, 5) is 0. The number of nitrogens with one attached hydrogen (secondary N) is 1. The normalized spacial score (nSPS) is 10.9. The zero-order chi connectivity index (χ0) is 14.4. The van der Waals surface area contributed by atoms with Crippen molar-refractivity contribution in [2.24, 2.45) is 0 Å². The molecule has 0 saturated carbocycles. The number of nitrogens with zero attached hydrogens (tertiary/aromatic N) is 2. The lowest BCUT2D eigenvalue weighted by Crippen LogP contribution is -2.18. The van der Waals surface area contributed by atoms with E-state index >= 15 is 0 Å². The van der Waals surface area contributed by atoms with E-state index in [1.54, 1.807) is 0 Å². The quantitative estimate of drug-likeness (QED) is 0.782. The Hall–Kier alpha value is -1.13. The van der Waals surface area contributed by atoms with Crippen molar-refractivity contribution in [3.05, 3.63) is 51.8 Å². The molecule has 1 aromatic carbocycles. The fourth-order valence-electron chi connectivity index (χ4n) is 2.31. The lowest BCUT2D eigenvalue weighted by Gasteiger charge is -2.07. The van der Waals surface area contributed by atoms with E-state index in [1.807, 2.05) is 6.92 Å². The van der Waals surface area contributed by atoms with E-state index in [0.717, 1.165) is 42.6 Å². The van der Waals surface area contributed by atoms with Crippen LogP contribution in [-0.2, 0) is 19.5 Å². The molecule has 4 heteroatoms. The molecule has 0 bridgehead atoms. The van der Waals surface area contributed by atoms with Gasteiger partial charge in [-0.25, -0.2) is 0 Å².